The Hall–Kier alpha value is -1.55. The van der Waals surface area contributed by atoms with Crippen molar-refractivity contribution in [3.63, 3.8) is 0 Å². The molecule has 2 N–H and O–H groups in total. The fourth-order valence-electron chi connectivity index (χ4n) is 2.49. The summed E-state index contributed by atoms with van der Waals surface area (Å²) in [4.78, 5) is 0. The SMILES string of the molecule is Cl.Cn1cc(C(N)c2ccc(F)cc2)c2cc(Cl)ccc21. The lowest BCUT2D eigenvalue weighted by Gasteiger charge is -2.11. The van der Waals surface area contributed by atoms with Crippen LogP contribution in [0.25, 0.3) is 10.9 Å². The van der Waals surface area contributed by atoms with Gasteiger partial charge in [0.2, 0.25) is 0 Å². The van der Waals surface area contributed by atoms with Crippen LogP contribution in [0.4, 0.5) is 4.39 Å². The molecule has 0 spiro atoms. The Balaban J connectivity index is 0.00000161. The lowest BCUT2D eigenvalue weighted by molar-refractivity contribution is 0.626. The van der Waals surface area contributed by atoms with E-state index in [0.717, 1.165) is 22.0 Å². The van der Waals surface area contributed by atoms with Crippen molar-refractivity contribution in [2.45, 2.75) is 6.04 Å². The summed E-state index contributed by atoms with van der Waals surface area (Å²) in [6.07, 6.45) is 2.00. The van der Waals surface area contributed by atoms with Crippen LogP contribution in [-0.2, 0) is 7.05 Å². The predicted octanol–water partition coefficient (Wildman–Crippen LogP) is 4.44. The van der Waals surface area contributed by atoms with E-state index in [1.807, 2.05) is 36.0 Å². The fraction of sp³-hybridized carbons (Fsp3) is 0.125. The Labute approximate surface area is 133 Å². The number of benzene rings is 2. The zero-order valence-electron chi connectivity index (χ0n) is 11.4. The summed E-state index contributed by atoms with van der Waals surface area (Å²) in [6, 6.07) is 11.7. The van der Waals surface area contributed by atoms with Crippen molar-refractivity contribution in [3.8, 4) is 0 Å². The van der Waals surface area contributed by atoms with Crippen LogP contribution in [0.15, 0.2) is 48.7 Å². The van der Waals surface area contributed by atoms with Crippen molar-refractivity contribution in [1.82, 2.24) is 4.57 Å². The zero-order valence-corrected chi connectivity index (χ0v) is 13.0. The number of nitrogens with two attached hydrogens (primary N) is 1. The van der Waals surface area contributed by atoms with Gasteiger partial charge in [0.15, 0.2) is 0 Å². The van der Waals surface area contributed by atoms with E-state index in [4.69, 9.17) is 17.3 Å². The number of halogens is 3. The molecular formula is C16H15Cl2FN2. The molecule has 0 aliphatic rings. The Morgan fingerprint density at radius 2 is 1.81 bits per heavy atom. The number of rotatable bonds is 2. The summed E-state index contributed by atoms with van der Waals surface area (Å²) in [5, 5.41) is 1.70. The Kier molecular flexibility index (Phi) is 4.57. The summed E-state index contributed by atoms with van der Waals surface area (Å²) in [5.41, 5.74) is 9.25. The van der Waals surface area contributed by atoms with Crippen molar-refractivity contribution in [1.29, 1.82) is 0 Å². The van der Waals surface area contributed by atoms with E-state index in [1.54, 1.807) is 12.1 Å². The normalized spacial score (nSPS) is 12.2. The van der Waals surface area contributed by atoms with E-state index in [2.05, 4.69) is 0 Å². The van der Waals surface area contributed by atoms with Gasteiger partial charge in [-0.1, -0.05) is 23.7 Å². The van der Waals surface area contributed by atoms with Gasteiger partial charge in [0.1, 0.15) is 5.82 Å². The van der Waals surface area contributed by atoms with Gasteiger partial charge >= 0.3 is 0 Å². The maximum atomic E-state index is 13.0. The molecule has 0 fully saturated rings. The molecule has 1 aromatic heterocycles. The molecular weight excluding hydrogens is 310 g/mol. The Bertz CT molecular complexity index is 766. The first kappa shape index (κ1) is 15.8. The molecule has 5 heteroatoms. The van der Waals surface area contributed by atoms with Gasteiger partial charge in [-0.3, -0.25) is 0 Å². The largest absolute Gasteiger partial charge is 0.350 e. The molecule has 110 valence electrons. The molecule has 0 radical (unpaired) electrons. The van der Waals surface area contributed by atoms with E-state index in [1.165, 1.54) is 12.1 Å². The van der Waals surface area contributed by atoms with Crippen molar-refractivity contribution in [2.24, 2.45) is 12.8 Å². The van der Waals surface area contributed by atoms with E-state index in [0.29, 0.717) is 5.02 Å². The topological polar surface area (TPSA) is 30.9 Å². The molecule has 2 nitrogen and oxygen atoms in total. The fourth-order valence-corrected chi connectivity index (χ4v) is 2.66. The number of aromatic nitrogens is 1. The number of fused-ring (bicyclic) bond motifs is 1. The average Bonchev–Trinajstić information content (AvgIpc) is 2.75. The van der Waals surface area contributed by atoms with Crippen molar-refractivity contribution in [2.75, 3.05) is 0 Å². The molecule has 3 aromatic rings. The Morgan fingerprint density at radius 1 is 1.14 bits per heavy atom. The summed E-state index contributed by atoms with van der Waals surface area (Å²) in [6.45, 7) is 0. The molecule has 2 aromatic carbocycles. The number of aryl methyl sites for hydroxylation is 1. The lowest BCUT2D eigenvalue weighted by atomic mass is 9.99. The van der Waals surface area contributed by atoms with Crippen LogP contribution in [0.5, 0.6) is 0 Å². The molecule has 0 aliphatic heterocycles. The molecule has 0 aliphatic carbocycles. The monoisotopic (exact) mass is 324 g/mol. The summed E-state index contributed by atoms with van der Waals surface area (Å²) in [5.74, 6) is -0.262. The van der Waals surface area contributed by atoms with Crippen LogP contribution >= 0.6 is 24.0 Å². The van der Waals surface area contributed by atoms with E-state index in [9.17, 15) is 4.39 Å². The second-order valence-corrected chi connectivity index (χ2v) is 5.32. The highest BCUT2D eigenvalue weighted by Gasteiger charge is 2.15. The van der Waals surface area contributed by atoms with Gasteiger partial charge in [-0.25, -0.2) is 4.39 Å². The van der Waals surface area contributed by atoms with Crippen molar-refractivity contribution < 1.29 is 4.39 Å². The maximum Gasteiger partial charge on any atom is 0.123 e. The molecule has 3 rings (SSSR count). The highest BCUT2D eigenvalue weighted by atomic mass is 35.5. The van der Waals surface area contributed by atoms with Gasteiger partial charge < -0.3 is 10.3 Å². The molecule has 1 heterocycles. The van der Waals surface area contributed by atoms with Gasteiger partial charge in [0, 0.05) is 29.2 Å². The molecule has 1 atom stereocenters. The third-order valence-corrected chi connectivity index (χ3v) is 3.78. The smallest absolute Gasteiger partial charge is 0.123 e. The third kappa shape index (κ3) is 2.91. The Morgan fingerprint density at radius 3 is 2.48 bits per heavy atom. The molecule has 0 bridgehead atoms. The van der Waals surface area contributed by atoms with E-state index >= 15 is 0 Å². The molecule has 1 unspecified atom stereocenters. The summed E-state index contributed by atoms with van der Waals surface area (Å²) < 4.78 is 15.0. The van der Waals surface area contributed by atoms with Crippen molar-refractivity contribution >= 4 is 34.9 Å². The molecule has 21 heavy (non-hydrogen) atoms. The highest BCUT2D eigenvalue weighted by Crippen LogP contribution is 2.30. The highest BCUT2D eigenvalue weighted by molar-refractivity contribution is 6.31. The van der Waals surface area contributed by atoms with Crippen LogP contribution < -0.4 is 5.73 Å². The second kappa shape index (κ2) is 6.06. The molecule has 0 amide bonds. The van der Waals surface area contributed by atoms with Crippen LogP contribution in [-0.4, -0.2) is 4.57 Å². The minimum absolute atomic E-state index is 0. The standard InChI is InChI=1S/C16H14ClFN2.ClH/c1-20-9-14(13-8-11(17)4-7-15(13)20)16(19)10-2-5-12(18)6-3-10;/h2-9,16H,19H2,1H3;1H. The van der Waals surface area contributed by atoms with Gasteiger partial charge in [-0.05, 0) is 41.5 Å². The first-order valence-corrected chi connectivity index (χ1v) is 6.69. The average molecular weight is 325 g/mol. The first-order valence-electron chi connectivity index (χ1n) is 6.32. The third-order valence-electron chi connectivity index (χ3n) is 3.55. The van der Waals surface area contributed by atoms with Crippen molar-refractivity contribution in [3.05, 3.63) is 70.6 Å². The number of hydrogen-bond acceptors (Lipinski definition) is 1. The van der Waals surface area contributed by atoms with Crippen LogP contribution in [0.2, 0.25) is 5.02 Å². The maximum absolute atomic E-state index is 13.0. The molecule has 0 saturated carbocycles. The zero-order chi connectivity index (χ0) is 14.3. The van der Waals surface area contributed by atoms with Crippen LogP contribution in [0, 0.1) is 5.82 Å². The molecule has 0 saturated heterocycles. The van der Waals surface area contributed by atoms with E-state index in [-0.39, 0.29) is 24.3 Å². The predicted molar refractivity (Wildman–Crippen MR) is 87.6 cm³/mol. The van der Waals surface area contributed by atoms with Crippen LogP contribution in [0.1, 0.15) is 17.2 Å². The second-order valence-electron chi connectivity index (χ2n) is 4.89. The summed E-state index contributed by atoms with van der Waals surface area (Å²) >= 11 is 6.07. The van der Waals surface area contributed by atoms with Gasteiger partial charge in [-0.2, -0.15) is 0 Å². The van der Waals surface area contributed by atoms with Gasteiger partial charge in [0.05, 0.1) is 6.04 Å². The summed E-state index contributed by atoms with van der Waals surface area (Å²) in [7, 11) is 1.97. The van der Waals surface area contributed by atoms with E-state index < -0.39 is 0 Å². The number of hydrogen-bond donors (Lipinski definition) is 1. The quantitative estimate of drug-likeness (QED) is 0.742. The lowest BCUT2D eigenvalue weighted by Crippen LogP contribution is -2.11. The minimum Gasteiger partial charge on any atom is -0.350 e. The van der Waals surface area contributed by atoms with Crippen LogP contribution in [0.3, 0.4) is 0 Å². The van der Waals surface area contributed by atoms with Gasteiger partial charge in [0.25, 0.3) is 0 Å². The van der Waals surface area contributed by atoms with Gasteiger partial charge in [-0.15, -0.1) is 12.4 Å². The number of nitrogens with zero attached hydrogens (tertiary/aromatic N) is 1. The minimum atomic E-state index is -0.308. The first-order chi connectivity index (χ1) is 9.56.